The van der Waals surface area contributed by atoms with Crippen LogP contribution in [0.2, 0.25) is 0 Å². The molecule has 0 saturated heterocycles. The first-order valence-electron chi connectivity index (χ1n) is 7.11. The maximum Gasteiger partial charge on any atom is 0.313 e. The van der Waals surface area contributed by atoms with E-state index in [0.717, 1.165) is 17.7 Å². The van der Waals surface area contributed by atoms with Crippen LogP contribution in [0.1, 0.15) is 11.6 Å². The van der Waals surface area contributed by atoms with Gasteiger partial charge in [0.15, 0.2) is 11.6 Å². The molecule has 0 radical (unpaired) electrons. The minimum atomic E-state index is -1.10. The fourth-order valence-corrected chi connectivity index (χ4v) is 2.80. The van der Waals surface area contributed by atoms with Crippen molar-refractivity contribution in [2.45, 2.75) is 6.04 Å². The third-order valence-electron chi connectivity index (χ3n) is 3.39. The molecule has 5 nitrogen and oxygen atoms in total. The van der Waals surface area contributed by atoms with Gasteiger partial charge in [-0.15, -0.1) is 0 Å². The Morgan fingerprint density at radius 1 is 1.17 bits per heavy atom. The third kappa shape index (κ3) is 4.59. The van der Waals surface area contributed by atoms with E-state index in [2.05, 4.69) is 10.6 Å². The lowest BCUT2D eigenvalue weighted by Crippen LogP contribution is -2.40. The summed E-state index contributed by atoms with van der Waals surface area (Å²) in [6.07, 6.45) is 0. The van der Waals surface area contributed by atoms with Gasteiger partial charge in [-0.25, -0.2) is 8.78 Å². The van der Waals surface area contributed by atoms with Gasteiger partial charge in [0.25, 0.3) is 0 Å². The van der Waals surface area contributed by atoms with E-state index in [4.69, 9.17) is 0 Å². The molecule has 24 heavy (non-hydrogen) atoms. The first kappa shape index (κ1) is 18.0. The molecule has 2 amide bonds. The van der Waals surface area contributed by atoms with Gasteiger partial charge < -0.3 is 15.5 Å². The van der Waals surface area contributed by atoms with Crippen molar-refractivity contribution in [3.63, 3.8) is 0 Å². The summed E-state index contributed by atoms with van der Waals surface area (Å²) < 4.78 is 25.9. The first-order valence-corrected chi connectivity index (χ1v) is 8.05. The lowest BCUT2D eigenvalue weighted by Gasteiger charge is -2.23. The van der Waals surface area contributed by atoms with E-state index in [1.54, 1.807) is 11.3 Å². The summed E-state index contributed by atoms with van der Waals surface area (Å²) in [7, 11) is 3.74. The molecule has 0 fully saturated rings. The van der Waals surface area contributed by atoms with Crippen LogP contribution in [0.25, 0.3) is 0 Å². The number of hydrogen-bond acceptors (Lipinski definition) is 4. The number of likely N-dealkylation sites (N-methyl/N-ethyl adjacent to an activating group) is 1. The summed E-state index contributed by atoms with van der Waals surface area (Å²) in [4.78, 5) is 25.6. The third-order valence-corrected chi connectivity index (χ3v) is 4.09. The number of rotatable bonds is 5. The number of thiophene rings is 1. The van der Waals surface area contributed by atoms with E-state index in [0.29, 0.717) is 0 Å². The lowest BCUT2D eigenvalue weighted by molar-refractivity contribution is -0.136. The van der Waals surface area contributed by atoms with Crippen molar-refractivity contribution in [2.75, 3.05) is 26.0 Å². The molecule has 1 unspecified atom stereocenters. The molecule has 1 atom stereocenters. The Hall–Kier alpha value is -2.32. The van der Waals surface area contributed by atoms with Crippen molar-refractivity contribution in [2.24, 2.45) is 0 Å². The van der Waals surface area contributed by atoms with Crippen LogP contribution >= 0.6 is 11.3 Å². The quantitative estimate of drug-likeness (QED) is 0.812. The summed E-state index contributed by atoms with van der Waals surface area (Å²) in [5.74, 6) is -3.91. The fraction of sp³-hybridized carbons (Fsp3) is 0.250. The Morgan fingerprint density at radius 3 is 2.50 bits per heavy atom. The smallest absolute Gasteiger partial charge is 0.313 e. The van der Waals surface area contributed by atoms with Gasteiger partial charge in [0.2, 0.25) is 0 Å². The predicted octanol–water partition coefficient (Wildman–Crippen LogP) is 2.38. The minimum absolute atomic E-state index is 0.0102. The number of nitrogens with zero attached hydrogens (tertiary/aromatic N) is 1. The molecule has 0 bridgehead atoms. The van der Waals surface area contributed by atoms with E-state index in [9.17, 15) is 18.4 Å². The first-order chi connectivity index (χ1) is 11.4. The molecular weight excluding hydrogens is 336 g/mol. The summed E-state index contributed by atoms with van der Waals surface area (Å²) in [6, 6.07) is 4.74. The number of hydrogen-bond donors (Lipinski definition) is 2. The normalized spacial score (nSPS) is 12.0. The summed E-state index contributed by atoms with van der Waals surface area (Å²) in [6.45, 7) is 0.244. The van der Waals surface area contributed by atoms with Crippen molar-refractivity contribution >= 4 is 28.8 Å². The van der Waals surface area contributed by atoms with Crippen LogP contribution < -0.4 is 10.6 Å². The highest BCUT2D eigenvalue weighted by Crippen LogP contribution is 2.20. The van der Waals surface area contributed by atoms with Crippen LogP contribution in [0.5, 0.6) is 0 Å². The van der Waals surface area contributed by atoms with Crippen molar-refractivity contribution in [1.82, 2.24) is 10.2 Å². The molecule has 2 N–H and O–H groups in total. The van der Waals surface area contributed by atoms with Gasteiger partial charge in [-0.1, -0.05) is 0 Å². The van der Waals surface area contributed by atoms with E-state index in [1.165, 1.54) is 6.07 Å². The topological polar surface area (TPSA) is 61.4 Å². The summed E-state index contributed by atoms with van der Waals surface area (Å²) >= 11 is 1.55. The molecule has 1 aromatic heterocycles. The second-order valence-corrected chi connectivity index (χ2v) is 6.11. The van der Waals surface area contributed by atoms with Crippen molar-refractivity contribution < 1.29 is 18.4 Å². The van der Waals surface area contributed by atoms with Crippen LogP contribution in [-0.4, -0.2) is 37.4 Å². The lowest BCUT2D eigenvalue weighted by atomic mass is 10.1. The van der Waals surface area contributed by atoms with Crippen LogP contribution in [0.3, 0.4) is 0 Å². The molecular formula is C16H17F2N3O2S. The van der Waals surface area contributed by atoms with Gasteiger partial charge in [-0.3, -0.25) is 9.59 Å². The molecule has 0 saturated carbocycles. The zero-order valence-corrected chi connectivity index (χ0v) is 14.0. The van der Waals surface area contributed by atoms with Crippen LogP contribution in [0.4, 0.5) is 14.5 Å². The van der Waals surface area contributed by atoms with E-state index < -0.39 is 23.4 Å². The number of carbonyl (C=O) groups excluding carboxylic acids is 2. The highest BCUT2D eigenvalue weighted by Gasteiger charge is 2.19. The monoisotopic (exact) mass is 353 g/mol. The van der Waals surface area contributed by atoms with Gasteiger partial charge >= 0.3 is 11.8 Å². The summed E-state index contributed by atoms with van der Waals surface area (Å²) in [5.41, 5.74) is 1.04. The van der Waals surface area contributed by atoms with E-state index in [1.807, 2.05) is 35.8 Å². The van der Waals surface area contributed by atoms with E-state index in [-0.39, 0.29) is 18.3 Å². The maximum absolute atomic E-state index is 13.1. The molecule has 0 aliphatic heterocycles. The fourth-order valence-electron chi connectivity index (χ4n) is 2.09. The molecule has 1 aromatic carbocycles. The second kappa shape index (κ2) is 7.98. The maximum atomic E-state index is 13.1. The number of nitrogens with one attached hydrogen (secondary N) is 2. The van der Waals surface area contributed by atoms with Crippen molar-refractivity contribution in [3.05, 3.63) is 52.2 Å². The Labute approximate surface area is 142 Å². The molecule has 0 aliphatic carbocycles. The highest BCUT2D eigenvalue weighted by molar-refractivity contribution is 7.07. The number of anilines is 1. The number of halogens is 2. The Bertz CT molecular complexity index is 720. The number of benzene rings is 1. The molecule has 1 heterocycles. The Morgan fingerprint density at radius 2 is 1.92 bits per heavy atom. The Balaban J connectivity index is 1.93. The molecule has 0 aliphatic rings. The van der Waals surface area contributed by atoms with Crippen LogP contribution in [0.15, 0.2) is 35.0 Å². The molecule has 8 heteroatoms. The molecule has 2 aromatic rings. The average Bonchev–Trinajstić information content (AvgIpc) is 3.04. The summed E-state index contributed by atoms with van der Waals surface area (Å²) in [5, 5.41) is 8.68. The minimum Gasteiger partial charge on any atom is -0.346 e. The molecule has 0 spiro atoms. The van der Waals surface area contributed by atoms with Crippen molar-refractivity contribution in [1.29, 1.82) is 0 Å². The average molecular weight is 353 g/mol. The second-order valence-electron chi connectivity index (χ2n) is 5.33. The van der Waals surface area contributed by atoms with Gasteiger partial charge in [0.1, 0.15) is 0 Å². The molecule has 2 rings (SSSR count). The van der Waals surface area contributed by atoms with Gasteiger partial charge in [0, 0.05) is 18.3 Å². The number of carbonyl (C=O) groups is 2. The van der Waals surface area contributed by atoms with Crippen molar-refractivity contribution in [3.8, 4) is 0 Å². The zero-order chi connectivity index (χ0) is 17.7. The van der Waals surface area contributed by atoms with Gasteiger partial charge in [0.05, 0.1) is 6.04 Å². The zero-order valence-electron chi connectivity index (χ0n) is 13.2. The van der Waals surface area contributed by atoms with Crippen LogP contribution in [-0.2, 0) is 9.59 Å². The Kier molecular flexibility index (Phi) is 5.99. The standard InChI is InChI=1S/C16H17F2N3O2S/c1-21(2)14(10-5-6-24-9-10)8-19-15(22)16(23)20-11-3-4-12(17)13(18)7-11/h3-7,9,14H,8H2,1-2H3,(H,19,22)(H,20,23). The number of amides is 2. The predicted molar refractivity (Wildman–Crippen MR) is 88.7 cm³/mol. The highest BCUT2D eigenvalue weighted by atomic mass is 32.1. The van der Waals surface area contributed by atoms with Gasteiger partial charge in [-0.2, -0.15) is 11.3 Å². The molecule has 128 valence electrons. The SMILES string of the molecule is CN(C)C(CNC(=O)C(=O)Nc1ccc(F)c(F)c1)c1ccsc1. The van der Waals surface area contributed by atoms with Gasteiger partial charge in [-0.05, 0) is 48.6 Å². The largest absolute Gasteiger partial charge is 0.346 e. The van der Waals surface area contributed by atoms with Crippen LogP contribution in [0, 0.1) is 11.6 Å². The van der Waals surface area contributed by atoms with E-state index >= 15 is 0 Å².